The number of aliphatic hydroxyl groups is 9. The van der Waals surface area contributed by atoms with E-state index in [4.69, 9.17) is 18.9 Å². The summed E-state index contributed by atoms with van der Waals surface area (Å²) in [5, 5.41) is 105. The van der Waals surface area contributed by atoms with E-state index in [9.17, 15) is 60.7 Å². The minimum Gasteiger partial charge on any atom is -0.481 e. The quantitative estimate of drug-likeness (QED) is 0.117. The van der Waals surface area contributed by atoms with Crippen LogP contribution in [-0.2, 0) is 28.5 Å². The van der Waals surface area contributed by atoms with Crippen LogP contribution in [0.25, 0.3) is 0 Å². The van der Waals surface area contributed by atoms with Crippen molar-refractivity contribution in [3.63, 3.8) is 0 Å². The van der Waals surface area contributed by atoms with E-state index in [2.05, 4.69) is 26.8 Å². The number of fused-ring (bicyclic) bond motifs is 7. The molecule has 2 heterocycles. The molecule has 0 unspecified atom stereocenters. The smallest absolute Gasteiger partial charge is 0.315 e. The highest BCUT2D eigenvalue weighted by atomic mass is 16.7. The Labute approximate surface area is 339 Å². The molecule has 16 nitrogen and oxygen atoms in total. The molecule has 0 amide bonds. The first-order valence-electron chi connectivity index (χ1n) is 21.1. The Morgan fingerprint density at radius 3 is 2.00 bits per heavy atom. The molecule has 0 spiro atoms. The molecular formula is C42H66O16. The van der Waals surface area contributed by atoms with E-state index in [1.54, 1.807) is 6.92 Å². The van der Waals surface area contributed by atoms with Crippen LogP contribution in [0.15, 0.2) is 11.6 Å². The molecule has 16 heteroatoms. The number of esters is 1. The number of carboxylic acid groups (broad SMARTS) is 1. The number of hydrogen-bond donors (Lipinski definition) is 10. The van der Waals surface area contributed by atoms with Gasteiger partial charge in [0.1, 0.15) is 48.8 Å². The highest BCUT2D eigenvalue weighted by Crippen LogP contribution is 2.76. The van der Waals surface area contributed by atoms with Gasteiger partial charge in [0, 0.05) is 5.41 Å². The highest BCUT2D eigenvalue weighted by Gasteiger charge is 2.70. The Balaban J connectivity index is 1.16. The Bertz CT molecular complexity index is 1610. The fourth-order valence-electron chi connectivity index (χ4n) is 13.4. The van der Waals surface area contributed by atoms with Crippen LogP contribution in [0.3, 0.4) is 0 Å². The summed E-state index contributed by atoms with van der Waals surface area (Å²) in [6.45, 7) is 9.24. The third-order valence-electron chi connectivity index (χ3n) is 17.6. The molecule has 2 aliphatic heterocycles. The maximum absolute atomic E-state index is 14.8. The molecule has 0 aromatic rings. The molecule has 0 bridgehead atoms. The minimum atomic E-state index is -1.87. The molecule has 0 aromatic heterocycles. The molecule has 58 heavy (non-hydrogen) atoms. The van der Waals surface area contributed by atoms with Crippen LogP contribution in [-0.4, -0.2) is 150 Å². The lowest BCUT2D eigenvalue weighted by Gasteiger charge is -2.71. The van der Waals surface area contributed by atoms with E-state index < -0.39 is 120 Å². The van der Waals surface area contributed by atoms with Crippen LogP contribution in [0.1, 0.15) is 98.8 Å². The van der Waals surface area contributed by atoms with Gasteiger partial charge >= 0.3 is 11.9 Å². The molecular weight excluding hydrogens is 760 g/mol. The first kappa shape index (κ1) is 44.3. The number of carboxylic acids is 1. The molecule has 7 rings (SSSR count). The van der Waals surface area contributed by atoms with E-state index in [1.807, 2.05) is 6.92 Å². The van der Waals surface area contributed by atoms with Crippen molar-refractivity contribution in [1.29, 1.82) is 0 Å². The lowest BCUT2D eigenvalue weighted by Crippen LogP contribution is -2.66. The molecule has 330 valence electrons. The van der Waals surface area contributed by atoms with Gasteiger partial charge in [0.15, 0.2) is 6.29 Å². The maximum atomic E-state index is 14.8. The van der Waals surface area contributed by atoms with E-state index in [0.29, 0.717) is 25.7 Å². The topological polar surface area (TPSA) is 273 Å². The molecule has 7 aliphatic rings. The van der Waals surface area contributed by atoms with Gasteiger partial charge in [-0.15, -0.1) is 0 Å². The summed E-state index contributed by atoms with van der Waals surface area (Å²) in [5.74, 6) is -1.88. The number of ether oxygens (including phenoxy) is 4. The summed E-state index contributed by atoms with van der Waals surface area (Å²) >= 11 is 0. The van der Waals surface area contributed by atoms with Gasteiger partial charge in [-0.1, -0.05) is 39.3 Å². The van der Waals surface area contributed by atoms with Gasteiger partial charge in [-0.2, -0.15) is 0 Å². The summed E-state index contributed by atoms with van der Waals surface area (Å²) in [4.78, 5) is 27.6. The van der Waals surface area contributed by atoms with Crippen molar-refractivity contribution in [3.05, 3.63) is 11.6 Å². The maximum Gasteiger partial charge on any atom is 0.315 e. The first-order valence-corrected chi connectivity index (χ1v) is 21.1. The lowest BCUT2D eigenvalue weighted by atomic mass is 9.33. The van der Waals surface area contributed by atoms with E-state index >= 15 is 0 Å². The van der Waals surface area contributed by atoms with Gasteiger partial charge in [0.2, 0.25) is 6.29 Å². The van der Waals surface area contributed by atoms with Gasteiger partial charge in [0.25, 0.3) is 0 Å². The lowest BCUT2D eigenvalue weighted by molar-refractivity contribution is -0.328. The molecule has 0 aromatic carbocycles. The van der Waals surface area contributed by atoms with E-state index in [0.717, 1.165) is 24.8 Å². The predicted molar refractivity (Wildman–Crippen MR) is 201 cm³/mol. The van der Waals surface area contributed by atoms with Crippen molar-refractivity contribution >= 4 is 11.9 Å². The fourth-order valence-corrected chi connectivity index (χ4v) is 13.4. The monoisotopic (exact) mass is 826 g/mol. The summed E-state index contributed by atoms with van der Waals surface area (Å²) < 4.78 is 22.8. The average molecular weight is 827 g/mol. The van der Waals surface area contributed by atoms with Crippen molar-refractivity contribution in [2.75, 3.05) is 19.8 Å². The van der Waals surface area contributed by atoms with Gasteiger partial charge in [-0.25, -0.2) is 0 Å². The second kappa shape index (κ2) is 15.2. The molecule has 0 radical (unpaired) electrons. The van der Waals surface area contributed by atoms with Gasteiger partial charge < -0.3 is 70.0 Å². The second-order valence-corrected chi connectivity index (χ2v) is 20.2. The largest absolute Gasteiger partial charge is 0.481 e. The van der Waals surface area contributed by atoms with Crippen molar-refractivity contribution in [1.82, 2.24) is 0 Å². The molecule has 6 fully saturated rings. The zero-order valence-electron chi connectivity index (χ0n) is 34.3. The average Bonchev–Trinajstić information content (AvgIpc) is 3.19. The normalized spacial score (nSPS) is 54.2. The Kier molecular flexibility index (Phi) is 11.6. The zero-order valence-corrected chi connectivity index (χ0v) is 34.3. The van der Waals surface area contributed by atoms with Crippen LogP contribution >= 0.6 is 0 Å². The second-order valence-electron chi connectivity index (χ2n) is 20.2. The summed E-state index contributed by atoms with van der Waals surface area (Å²) in [6.07, 6.45) is -9.69. The van der Waals surface area contributed by atoms with Gasteiger partial charge in [-0.05, 0) is 105 Å². The number of allylic oxidation sites excluding steroid dienone is 2. The molecule has 4 saturated carbocycles. The summed E-state index contributed by atoms with van der Waals surface area (Å²) in [5.41, 5.74) is -2.76. The predicted octanol–water partition coefficient (Wildman–Crippen LogP) is 0.353. The van der Waals surface area contributed by atoms with Gasteiger partial charge in [0.05, 0.1) is 36.8 Å². The van der Waals surface area contributed by atoms with Crippen LogP contribution < -0.4 is 0 Å². The number of carbonyl (C=O) groups excluding carboxylic acids is 1. The third kappa shape index (κ3) is 6.37. The van der Waals surface area contributed by atoms with Crippen molar-refractivity contribution < 1.29 is 79.6 Å². The SMILES string of the molecule is C[C@@]1(C(=O)O)CC[C@]2(C(=O)O[C@H]3O[C@@H](CO[C@H]4O[C@H](CO)[C@H](O)[C@@H](O)[C@H]4O)[C@@H](O)[C@@H](O)[C@@H]3O)CC[C@]3(C)C(=CC[C@@H]4[C@]5(C)CC[C@H](O)[C@](C)(CO)[C@H]5CC[C@]43C)[C@@H]2C1. The minimum absolute atomic E-state index is 0.0991. The summed E-state index contributed by atoms with van der Waals surface area (Å²) in [7, 11) is 0. The molecule has 5 aliphatic carbocycles. The highest BCUT2D eigenvalue weighted by molar-refractivity contribution is 5.81. The van der Waals surface area contributed by atoms with E-state index in [1.165, 1.54) is 0 Å². The van der Waals surface area contributed by atoms with Crippen molar-refractivity contribution in [3.8, 4) is 0 Å². The fraction of sp³-hybridized carbons (Fsp3) is 0.905. The Morgan fingerprint density at radius 2 is 1.36 bits per heavy atom. The van der Waals surface area contributed by atoms with Crippen molar-refractivity contribution in [2.45, 2.75) is 166 Å². The van der Waals surface area contributed by atoms with E-state index in [-0.39, 0.29) is 48.5 Å². The number of carbonyl (C=O) groups is 2. The number of aliphatic carboxylic acids is 1. The van der Waals surface area contributed by atoms with Crippen LogP contribution in [0.2, 0.25) is 0 Å². The zero-order chi connectivity index (χ0) is 42.5. The standard InChI is InChI=1S/C42H66O16/c1-37(35(52)53)12-14-42(36(54)58-34-32(51)30(49)28(47)23(57-34)18-55-33-31(50)29(48)27(46)22(17-43)56-33)15-13-40(4)20(21(42)16-37)6-7-25-38(2)10-9-26(45)39(3,19-44)24(38)8-11-41(25,40)5/h6,21-34,43-51H,7-19H2,1-5H3,(H,52,53)/t21-,22+,23-,24-,25+,26-,27-,28+,29+,30+,31+,32-,33-,34+,37+,38+,39+,40+,41+,42-/m0/s1. The van der Waals surface area contributed by atoms with Crippen LogP contribution in [0.4, 0.5) is 0 Å². The Morgan fingerprint density at radius 1 is 0.741 bits per heavy atom. The molecule has 2 saturated heterocycles. The summed E-state index contributed by atoms with van der Waals surface area (Å²) in [6, 6.07) is 0. The number of rotatable bonds is 8. The van der Waals surface area contributed by atoms with Gasteiger partial charge in [-0.3, -0.25) is 9.59 Å². The van der Waals surface area contributed by atoms with Crippen LogP contribution in [0.5, 0.6) is 0 Å². The number of hydrogen-bond acceptors (Lipinski definition) is 15. The van der Waals surface area contributed by atoms with Crippen molar-refractivity contribution in [2.24, 2.45) is 50.2 Å². The first-order chi connectivity index (χ1) is 27.1. The third-order valence-corrected chi connectivity index (χ3v) is 17.6. The Hall–Kier alpha value is -1.80. The molecule has 20 atom stereocenters. The number of aliphatic hydroxyl groups excluding tert-OH is 9. The van der Waals surface area contributed by atoms with Crippen LogP contribution in [0, 0.1) is 50.2 Å². The molecule has 10 N–H and O–H groups in total.